The van der Waals surface area contributed by atoms with Gasteiger partial charge in [0.05, 0.1) is 16.7 Å². The van der Waals surface area contributed by atoms with E-state index in [1.54, 1.807) is 6.20 Å². The number of nitrogens with one attached hydrogen (secondary N) is 1. The summed E-state index contributed by atoms with van der Waals surface area (Å²) in [5, 5.41) is 5.85. The summed E-state index contributed by atoms with van der Waals surface area (Å²) in [6, 6.07) is 20.5. The summed E-state index contributed by atoms with van der Waals surface area (Å²) >= 11 is 0. The molecule has 106 valence electrons. The van der Waals surface area contributed by atoms with Crippen molar-refractivity contribution in [3.8, 4) is 0 Å². The maximum Gasteiger partial charge on any atom is 0.0730 e. The lowest BCUT2D eigenvalue weighted by molar-refractivity contribution is 1.12. The highest BCUT2D eigenvalue weighted by Gasteiger charge is 2.08. The van der Waals surface area contributed by atoms with Gasteiger partial charge in [0.2, 0.25) is 0 Å². The number of rotatable bonds is 3. The van der Waals surface area contributed by atoms with Crippen molar-refractivity contribution in [2.45, 2.75) is 6.54 Å². The molecule has 3 nitrogen and oxygen atoms in total. The second-order valence-electron chi connectivity index (χ2n) is 5.24. The smallest absolute Gasteiger partial charge is 0.0730 e. The van der Waals surface area contributed by atoms with Crippen LogP contribution in [-0.4, -0.2) is 9.97 Å². The van der Waals surface area contributed by atoms with Crippen LogP contribution < -0.4 is 5.32 Å². The molecule has 0 aliphatic rings. The molecule has 0 radical (unpaired) electrons. The van der Waals surface area contributed by atoms with Gasteiger partial charge >= 0.3 is 0 Å². The summed E-state index contributed by atoms with van der Waals surface area (Å²) in [6.45, 7) is 0.742. The van der Waals surface area contributed by atoms with Gasteiger partial charge in [-0.25, -0.2) is 4.98 Å². The van der Waals surface area contributed by atoms with E-state index in [9.17, 15) is 0 Å². The van der Waals surface area contributed by atoms with Crippen molar-refractivity contribution in [2.75, 3.05) is 5.32 Å². The number of aromatic nitrogens is 2. The summed E-state index contributed by atoms with van der Waals surface area (Å²) in [6.07, 6.45) is 3.68. The zero-order valence-electron chi connectivity index (χ0n) is 12.0. The molecular formula is C19H15N3. The van der Waals surface area contributed by atoms with E-state index in [-0.39, 0.29) is 0 Å². The number of anilines is 1. The number of hydrogen-bond donors (Lipinski definition) is 1. The molecule has 0 amide bonds. The molecule has 2 aromatic carbocycles. The van der Waals surface area contributed by atoms with Crippen molar-refractivity contribution in [3.05, 3.63) is 78.6 Å². The molecular weight excluding hydrogens is 270 g/mol. The van der Waals surface area contributed by atoms with E-state index in [0.29, 0.717) is 0 Å². The molecule has 0 unspecified atom stereocenters. The van der Waals surface area contributed by atoms with Crippen molar-refractivity contribution in [1.29, 1.82) is 0 Å². The number of fused-ring (bicyclic) bond motifs is 2. The topological polar surface area (TPSA) is 37.8 Å². The zero-order valence-corrected chi connectivity index (χ0v) is 12.0. The third kappa shape index (κ3) is 2.27. The predicted octanol–water partition coefficient (Wildman–Crippen LogP) is 4.40. The first-order chi connectivity index (χ1) is 10.9. The Hall–Kier alpha value is -2.94. The largest absolute Gasteiger partial charge is 0.380 e. The Labute approximate surface area is 128 Å². The Morgan fingerprint density at radius 1 is 0.773 bits per heavy atom. The molecule has 0 saturated carbocycles. The minimum Gasteiger partial charge on any atom is -0.380 e. The van der Waals surface area contributed by atoms with E-state index in [4.69, 9.17) is 4.98 Å². The first kappa shape index (κ1) is 12.8. The summed E-state index contributed by atoms with van der Waals surface area (Å²) in [7, 11) is 0. The van der Waals surface area contributed by atoms with Gasteiger partial charge < -0.3 is 5.32 Å². The molecule has 0 fully saturated rings. The number of benzene rings is 2. The maximum absolute atomic E-state index is 4.74. The average Bonchev–Trinajstić information content (AvgIpc) is 2.59. The quantitative estimate of drug-likeness (QED) is 0.567. The Kier molecular flexibility index (Phi) is 3.16. The standard InChI is InChI=1S/C19H15N3/c1-3-9-17-15(7-1)19(16-8-2-4-10-18(16)22-17)21-13-14-6-5-11-20-12-14/h1-12H,13H2,(H,21,22). The van der Waals surface area contributed by atoms with E-state index in [0.717, 1.165) is 39.6 Å². The lowest BCUT2D eigenvalue weighted by Crippen LogP contribution is -2.01. The molecule has 0 bridgehead atoms. The fourth-order valence-electron chi connectivity index (χ4n) is 2.72. The van der Waals surface area contributed by atoms with Gasteiger partial charge in [-0.05, 0) is 23.8 Å². The Morgan fingerprint density at radius 2 is 1.45 bits per heavy atom. The van der Waals surface area contributed by atoms with E-state index < -0.39 is 0 Å². The summed E-state index contributed by atoms with van der Waals surface area (Å²) in [4.78, 5) is 8.91. The predicted molar refractivity (Wildman–Crippen MR) is 90.8 cm³/mol. The van der Waals surface area contributed by atoms with Crippen LogP contribution in [0.15, 0.2) is 73.1 Å². The first-order valence-corrected chi connectivity index (χ1v) is 7.32. The summed E-state index contributed by atoms with van der Waals surface area (Å²) in [5.41, 5.74) is 4.31. The fourth-order valence-corrected chi connectivity index (χ4v) is 2.72. The van der Waals surface area contributed by atoms with Gasteiger partial charge in [-0.1, -0.05) is 42.5 Å². The van der Waals surface area contributed by atoms with Crippen LogP contribution in [0.2, 0.25) is 0 Å². The van der Waals surface area contributed by atoms with E-state index >= 15 is 0 Å². The molecule has 4 aromatic rings. The van der Waals surface area contributed by atoms with Gasteiger partial charge in [-0.3, -0.25) is 4.98 Å². The second kappa shape index (κ2) is 5.45. The summed E-state index contributed by atoms with van der Waals surface area (Å²) < 4.78 is 0. The zero-order chi connectivity index (χ0) is 14.8. The molecule has 2 aromatic heterocycles. The number of para-hydroxylation sites is 2. The van der Waals surface area contributed by atoms with Gasteiger partial charge in [0.15, 0.2) is 0 Å². The van der Waals surface area contributed by atoms with Crippen LogP contribution in [0, 0.1) is 0 Å². The molecule has 3 heteroatoms. The van der Waals surface area contributed by atoms with Crippen LogP contribution in [0.3, 0.4) is 0 Å². The van der Waals surface area contributed by atoms with Crippen LogP contribution in [0.1, 0.15) is 5.56 Å². The highest BCUT2D eigenvalue weighted by Crippen LogP contribution is 2.30. The minimum absolute atomic E-state index is 0.742. The monoisotopic (exact) mass is 285 g/mol. The van der Waals surface area contributed by atoms with Crippen molar-refractivity contribution in [2.24, 2.45) is 0 Å². The van der Waals surface area contributed by atoms with Crippen molar-refractivity contribution >= 4 is 27.5 Å². The molecule has 0 aliphatic carbocycles. The minimum atomic E-state index is 0.742. The Morgan fingerprint density at radius 3 is 2.09 bits per heavy atom. The third-order valence-electron chi connectivity index (χ3n) is 3.78. The van der Waals surface area contributed by atoms with E-state index in [2.05, 4.69) is 40.6 Å². The fraction of sp³-hybridized carbons (Fsp3) is 0.0526. The second-order valence-corrected chi connectivity index (χ2v) is 5.24. The Balaban J connectivity index is 1.85. The molecule has 22 heavy (non-hydrogen) atoms. The van der Waals surface area contributed by atoms with Gasteiger partial charge in [-0.2, -0.15) is 0 Å². The lowest BCUT2D eigenvalue weighted by Gasteiger charge is -2.13. The average molecular weight is 285 g/mol. The maximum atomic E-state index is 4.74. The van der Waals surface area contributed by atoms with Crippen LogP contribution in [-0.2, 0) is 6.54 Å². The van der Waals surface area contributed by atoms with Crippen molar-refractivity contribution < 1.29 is 0 Å². The van der Waals surface area contributed by atoms with Gasteiger partial charge in [0, 0.05) is 29.7 Å². The Bertz CT molecular complexity index is 879. The normalized spacial score (nSPS) is 10.9. The number of pyridine rings is 2. The molecule has 0 aliphatic heterocycles. The van der Waals surface area contributed by atoms with Crippen LogP contribution in [0.5, 0.6) is 0 Å². The molecule has 1 N–H and O–H groups in total. The SMILES string of the molecule is c1cncc(CNc2c3ccccc3nc3ccccc23)c1. The molecule has 2 heterocycles. The molecule has 0 spiro atoms. The highest BCUT2D eigenvalue weighted by atomic mass is 14.9. The van der Waals surface area contributed by atoms with Crippen LogP contribution in [0.25, 0.3) is 21.8 Å². The third-order valence-corrected chi connectivity index (χ3v) is 3.78. The van der Waals surface area contributed by atoms with Gasteiger partial charge in [0.25, 0.3) is 0 Å². The van der Waals surface area contributed by atoms with Gasteiger partial charge in [0.1, 0.15) is 0 Å². The first-order valence-electron chi connectivity index (χ1n) is 7.32. The number of hydrogen-bond acceptors (Lipinski definition) is 3. The van der Waals surface area contributed by atoms with Crippen LogP contribution in [0.4, 0.5) is 5.69 Å². The highest BCUT2D eigenvalue weighted by molar-refractivity contribution is 6.07. The summed E-state index contributed by atoms with van der Waals surface area (Å²) in [5.74, 6) is 0. The molecule has 0 atom stereocenters. The van der Waals surface area contributed by atoms with E-state index in [1.807, 2.05) is 36.5 Å². The van der Waals surface area contributed by atoms with Gasteiger partial charge in [-0.15, -0.1) is 0 Å². The lowest BCUT2D eigenvalue weighted by atomic mass is 10.1. The van der Waals surface area contributed by atoms with Crippen molar-refractivity contribution in [1.82, 2.24) is 9.97 Å². The van der Waals surface area contributed by atoms with E-state index in [1.165, 1.54) is 0 Å². The number of nitrogens with zero attached hydrogens (tertiary/aromatic N) is 2. The van der Waals surface area contributed by atoms with Crippen LogP contribution >= 0.6 is 0 Å². The van der Waals surface area contributed by atoms with Crippen molar-refractivity contribution in [3.63, 3.8) is 0 Å². The molecule has 0 saturated heterocycles. The molecule has 4 rings (SSSR count).